The Labute approximate surface area is 147 Å². The Kier molecular flexibility index (Phi) is 5.82. The summed E-state index contributed by atoms with van der Waals surface area (Å²) in [7, 11) is 1.22. The third-order valence-corrected chi connectivity index (χ3v) is 4.51. The molecular weight excluding hydrogens is 357 g/mol. The number of methoxy groups -OCH3 is 1. The fourth-order valence-corrected chi connectivity index (χ4v) is 3.28. The van der Waals surface area contributed by atoms with Gasteiger partial charge >= 0.3 is 5.97 Å². The number of rotatable bonds is 4. The van der Waals surface area contributed by atoms with E-state index in [0.717, 1.165) is 16.9 Å². The summed E-state index contributed by atoms with van der Waals surface area (Å²) in [5.74, 6) is -1.06. The van der Waals surface area contributed by atoms with Crippen molar-refractivity contribution in [3.05, 3.63) is 55.7 Å². The van der Waals surface area contributed by atoms with E-state index in [9.17, 15) is 9.90 Å². The summed E-state index contributed by atoms with van der Waals surface area (Å²) in [5.41, 5.74) is 1.77. The quantitative estimate of drug-likeness (QED) is 0.348. The molecule has 0 aliphatic carbocycles. The number of carbonyl (C=O) groups excluding carboxylic acids is 1. The van der Waals surface area contributed by atoms with Crippen molar-refractivity contribution in [1.29, 1.82) is 0 Å². The maximum Gasteiger partial charge on any atom is 0.343 e. The van der Waals surface area contributed by atoms with Crippen molar-refractivity contribution in [2.75, 3.05) is 7.11 Å². The largest absolute Gasteiger partial charge is 0.506 e. The summed E-state index contributed by atoms with van der Waals surface area (Å²) < 4.78 is 5.38. The zero-order valence-corrected chi connectivity index (χ0v) is 14.7. The average molecular weight is 370 g/mol. The molecule has 0 amide bonds. The third kappa shape index (κ3) is 4.13. The van der Waals surface area contributed by atoms with Crippen LogP contribution in [0.15, 0.2) is 40.9 Å². The van der Waals surface area contributed by atoms with Crippen molar-refractivity contribution in [3.8, 4) is 0 Å². The number of carbonyl (C=O) groups is 1. The lowest BCUT2D eigenvalue weighted by molar-refractivity contribution is -0.135. The Morgan fingerprint density at radius 1 is 1.35 bits per heavy atom. The van der Waals surface area contributed by atoms with E-state index in [1.54, 1.807) is 6.07 Å². The first kappa shape index (κ1) is 17.5. The number of thiophene rings is 1. The molecule has 0 saturated heterocycles. The van der Waals surface area contributed by atoms with Gasteiger partial charge in [0, 0.05) is 11.8 Å². The Morgan fingerprint density at radius 2 is 2.04 bits per heavy atom. The molecule has 1 aromatic heterocycles. The average Bonchev–Trinajstić information content (AvgIpc) is 2.87. The number of hydrogen-bond acceptors (Lipinski definition) is 5. The number of ether oxygens (including phenoxy) is 1. The van der Waals surface area contributed by atoms with Crippen LogP contribution in [0.1, 0.15) is 11.1 Å². The monoisotopic (exact) mass is 369 g/mol. The SMILES string of the molecule is COC(=O)/C(C=Nc1ccccc1C)=C(\O)c1cc(Cl)sc1Cl. The predicted molar refractivity (Wildman–Crippen MR) is 95.2 cm³/mol. The number of nitrogens with zero attached hydrogens (tertiary/aromatic N) is 1. The van der Waals surface area contributed by atoms with Crippen LogP contribution < -0.4 is 0 Å². The second-order valence-corrected chi connectivity index (χ2v) is 6.82. The van der Waals surface area contributed by atoms with Crippen LogP contribution in [0, 0.1) is 6.92 Å². The molecular formula is C16H13Cl2NO3S. The molecule has 1 N–H and O–H groups in total. The molecule has 0 aliphatic rings. The number of para-hydroxylation sites is 1. The van der Waals surface area contributed by atoms with E-state index >= 15 is 0 Å². The molecule has 0 radical (unpaired) electrons. The number of benzene rings is 1. The van der Waals surface area contributed by atoms with Crippen LogP contribution in [0.4, 0.5) is 5.69 Å². The molecule has 1 aromatic carbocycles. The van der Waals surface area contributed by atoms with E-state index in [1.165, 1.54) is 19.4 Å². The van der Waals surface area contributed by atoms with Crippen molar-refractivity contribution < 1.29 is 14.6 Å². The van der Waals surface area contributed by atoms with Crippen LogP contribution in [-0.4, -0.2) is 24.4 Å². The number of esters is 1. The molecule has 0 spiro atoms. The van der Waals surface area contributed by atoms with Crippen molar-refractivity contribution in [1.82, 2.24) is 0 Å². The molecule has 0 unspecified atom stereocenters. The number of aliphatic hydroxyl groups excluding tert-OH is 1. The van der Waals surface area contributed by atoms with Crippen LogP contribution >= 0.6 is 34.5 Å². The van der Waals surface area contributed by atoms with E-state index in [1.807, 2.05) is 25.1 Å². The summed E-state index contributed by atoms with van der Waals surface area (Å²) in [4.78, 5) is 16.2. The molecule has 120 valence electrons. The Hall–Kier alpha value is -1.82. The van der Waals surface area contributed by atoms with Gasteiger partial charge in [-0.3, -0.25) is 4.99 Å². The van der Waals surface area contributed by atoms with Crippen molar-refractivity contribution in [3.63, 3.8) is 0 Å². The summed E-state index contributed by atoms with van der Waals surface area (Å²) in [6.45, 7) is 1.89. The number of aliphatic hydroxyl groups is 1. The minimum Gasteiger partial charge on any atom is -0.506 e. The van der Waals surface area contributed by atoms with Crippen molar-refractivity contribution >= 4 is 58.2 Å². The smallest absolute Gasteiger partial charge is 0.343 e. The zero-order valence-electron chi connectivity index (χ0n) is 12.3. The molecule has 0 atom stereocenters. The van der Waals surface area contributed by atoms with Gasteiger partial charge in [-0.15, -0.1) is 11.3 Å². The van der Waals surface area contributed by atoms with Gasteiger partial charge < -0.3 is 9.84 Å². The van der Waals surface area contributed by atoms with Gasteiger partial charge in [-0.05, 0) is 24.6 Å². The summed E-state index contributed by atoms with van der Waals surface area (Å²) in [6, 6.07) is 8.89. The lowest BCUT2D eigenvalue weighted by atomic mass is 10.1. The molecule has 0 aliphatic heterocycles. The summed E-state index contributed by atoms with van der Waals surface area (Å²) in [6.07, 6.45) is 1.26. The second kappa shape index (κ2) is 7.64. The van der Waals surface area contributed by atoms with Gasteiger partial charge in [0.25, 0.3) is 0 Å². The highest BCUT2D eigenvalue weighted by Crippen LogP contribution is 2.35. The molecule has 7 heteroatoms. The molecule has 2 aromatic rings. The first-order valence-corrected chi connectivity index (χ1v) is 8.07. The molecule has 0 saturated carbocycles. The summed E-state index contributed by atoms with van der Waals surface area (Å²) >= 11 is 13.0. The highest BCUT2D eigenvalue weighted by molar-refractivity contribution is 7.20. The Morgan fingerprint density at radius 3 is 2.61 bits per heavy atom. The summed E-state index contributed by atoms with van der Waals surface area (Å²) in [5, 5.41) is 10.4. The minimum absolute atomic E-state index is 0.105. The van der Waals surface area contributed by atoms with E-state index in [0.29, 0.717) is 10.0 Å². The number of aliphatic imine (C=N–C) groups is 1. The van der Waals surface area contributed by atoms with Gasteiger partial charge in [0.05, 0.1) is 17.1 Å². The fraction of sp³-hybridized carbons (Fsp3) is 0.125. The Balaban J connectivity index is 2.49. The van der Waals surface area contributed by atoms with Gasteiger partial charge in [-0.2, -0.15) is 0 Å². The molecule has 2 rings (SSSR count). The van der Waals surface area contributed by atoms with Crippen LogP contribution in [0.3, 0.4) is 0 Å². The fourth-order valence-electron chi connectivity index (χ4n) is 1.81. The molecule has 0 fully saturated rings. The topological polar surface area (TPSA) is 58.9 Å². The molecule has 4 nitrogen and oxygen atoms in total. The predicted octanol–water partition coefficient (Wildman–Crippen LogP) is 5.21. The minimum atomic E-state index is -0.724. The number of halogens is 2. The number of hydrogen-bond donors (Lipinski definition) is 1. The zero-order chi connectivity index (χ0) is 17.0. The van der Waals surface area contributed by atoms with E-state index < -0.39 is 5.97 Å². The first-order valence-electron chi connectivity index (χ1n) is 6.50. The van der Waals surface area contributed by atoms with E-state index in [2.05, 4.69) is 4.99 Å². The van der Waals surface area contributed by atoms with Crippen molar-refractivity contribution in [2.24, 2.45) is 4.99 Å². The van der Waals surface area contributed by atoms with Crippen LogP contribution in [-0.2, 0) is 9.53 Å². The maximum atomic E-state index is 11.9. The lowest BCUT2D eigenvalue weighted by Crippen LogP contribution is -2.09. The van der Waals surface area contributed by atoms with Gasteiger partial charge in [0.15, 0.2) is 0 Å². The van der Waals surface area contributed by atoms with Gasteiger partial charge in [-0.25, -0.2) is 4.79 Å². The highest BCUT2D eigenvalue weighted by atomic mass is 35.5. The van der Waals surface area contributed by atoms with Gasteiger partial charge in [0.2, 0.25) is 0 Å². The maximum absolute atomic E-state index is 11.9. The molecule has 23 heavy (non-hydrogen) atoms. The molecule has 1 heterocycles. The third-order valence-electron chi connectivity index (χ3n) is 3.02. The van der Waals surface area contributed by atoms with E-state index in [4.69, 9.17) is 27.9 Å². The standard InChI is InChI=1S/C16H13Cl2NO3S/c1-9-5-3-4-6-12(9)19-8-11(16(21)22-2)14(20)10-7-13(17)23-15(10)18/h3-8,20H,1-2H3/b14-11-,19-8?. The van der Waals surface area contributed by atoms with Crippen LogP contribution in [0.2, 0.25) is 8.67 Å². The normalized spacial score (nSPS) is 12.3. The highest BCUT2D eigenvalue weighted by Gasteiger charge is 2.19. The number of aryl methyl sites for hydroxylation is 1. The van der Waals surface area contributed by atoms with Crippen LogP contribution in [0.5, 0.6) is 0 Å². The van der Waals surface area contributed by atoms with Crippen LogP contribution in [0.25, 0.3) is 5.76 Å². The van der Waals surface area contributed by atoms with Gasteiger partial charge in [0.1, 0.15) is 15.7 Å². The second-order valence-electron chi connectivity index (χ2n) is 4.54. The Bertz CT molecular complexity index is 796. The first-order chi connectivity index (χ1) is 10.9. The van der Waals surface area contributed by atoms with E-state index in [-0.39, 0.29) is 21.2 Å². The van der Waals surface area contributed by atoms with Gasteiger partial charge in [-0.1, -0.05) is 41.4 Å². The van der Waals surface area contributed by atoms with Crippen molar-refractivity contribution in [2.45, 2.75) is 6.92 Å². The molecule has 0 bridgehead atoms. The lowest BCUT2D eigenvalue weighted by Gasteiger charge is -2.05.